The predicted molar refractivity (Wildman–Crippen MR) is 108 cm³/mol. The lowest BCUT2D eigenvalue weighted by atomic mass is 10.2. The third-order valence-electron chi connectivity index (χ3n) is 4.85. The summed E-state index contributed by atoms with van der Waals surface area (Å²) < 4.78 is 0. The largest absolute Gasteiger partial charge is 0.348 e. The molecule has 0 saturated heterocycles. The molecule has 0 bridgehead atoms. The van der Waals surface area contributed by atoms with Crippen LogP contribution in [0.5, 0.6) is 0 Å². The second kappa shape index (κ2) is 6.55. The fourth-order valence-electron chi connectivity index (χ4n) is 3.79. The Morgan fingerprint density at radius 3 is 1.36 bits per heavy atom. The van der Waals surface area contributed by atoms with Crippen LogP contribution in [0.4, 0.5) is 22.7 Å². The summed E-state index contributed by atoms with van der Waals surface area (Å²) in [6, 6.07) is 17.3. The van der Waals surface area contributed by atoms with E-state index in [4.69, 9.17) is 0 Å². The lowest BCUT2D eigenvalue weighted by Gasteiger charge is -2.28. The molecule has 0 atom stereocenters. The van der Waals surface area contributed by atoms with Gasteiger partial charge in [0.05, 0.1) is 42.8 Å². The average Bonchev–Trinajstić information content (AvgIpc) is 3.16. The molecule has 4 nitrogen and oxygen atoms in total. The van der Waals surface area contributed by atoms with Gasteiger partial charge in [-0.05, 0) is 24.3 Å². The van der Waals surface area contributed by atoms with Gasteiger partial charge >= 0.3 is 0 Å². The highest BCUT2D eigenvalue weighted by molar-refractivity contribution is 5.79. The molecule has 2 heterocycles. The van der Waals surface area contributed by atoms with Crippen LogP contribution < -0.4 is 19.6 Å². The van der Waals surface area contributed by atoms with Crippen molar-refractivity contribution in [3.63, 3.8) is 0 Å². The molecule has 0 spiro atoms. The van der Waals surface area contributed by atoms with E-state index in [0.717, 1.165) is 33.1 Å². The van der Waals surface area contributed by atoms with E-state index in [-0.39, 0.29) is 0 Å². The molecule has 25 heavy (non-hydrogen) atoms. The molecule has 0 aromatic heterocycles. The molecule has 4 heteroatoms. The van der Waals surface area contributed by atoms with Gasteiger partial charge in [0.2, 0.25) is 0 Å². The molecular formula is C21H24N4. The van der Waals surface area contributed by atoms with Crippen molar-refractivity contribution in [1.82, 2.24) is 0 Å². The molecule has 4 rings (SSSR count). The van der Waals surface area contributed by atoms with Gasteiger partial charge in [0.15, 0.2) is 0 Å². The molecule has 0 aliphatic carbocycles. The Morgan fingerprint density at radius 1 is 0.640 bits per heavy atom. The van der Waals surface area contributed by atoms with Crippen LogP contribution in [0.3, 0.4) is 0 Å². The first-order chi connectivity index (χ1) is 12.3. The topological polar surface area (TPSA) is 13.0 Å². The van der Waals surface area contributed by atoms with E-state index in [9.17, 15) is 0 Å². The monoisotopic (exact) mass is 332 g/mol. The summed E-state index contributed by atoms with van der Waals surface area (Å²) in [7, 11) is 0. The quantitative estimate of drug-likeness (QED) is 0.744. The number of benzene rings is 2. The van der Waals surface area contributed by atoms with Gasteiger partial charge in [0.25, 0.3) is 0 Å². The number of nitrogens with zero attached hydrogens (tertiary/aromatic N) is 4. The van der Waals surface area contributed by atoms with Crippen molar-refractivity contribution in [1.29, 1.82) is 0 Å². The number of rotatable bonds is 6. The molecule has 0 unspecified atom stereocenters. The molecule has 0 N–H and O–H groups in total. The van der Waals surface area contributed by atoms with Crippen molar-refractivity contribution in [3.05, 3.63) is 73.8 Å². The van der Waals surface area contributed by atoms with Crippen molar-refractivity contribution in [3.8, 4) is 0 Å². The standard InChI is InChI=1S/C21H24N4/c1-3-13-22-15-24(20-11-7-5-9-18(20)22)17-25-16-23(14-4-2)19-10-6-8-12-21(19)25/h3-12H,1-2,13-17H2. The van der Waals surface area contributed by atoms with Crippen molar-refractivity contribution in [2.24, 2.45) is 0 Å². The highest BCUT2D eigenvalue weighted by Crippen LogP contribution is 2.39. The van der Waals surface area contributed by atoms with E-state index in [2.05, 4.69) is 81.3 Å². The van der Waals surface area contributed by atoms with E-state index < -0.39 is 0 Å². The van der Waals surface area contributed by atoms with E-state index >= 15 is 0 Å². The van der Waals surface area contributed by atoms with Crippen LogP contribution >= 0.6 is 0 Å². The van der Waals surface area contributed by atoms with Crippen molar-refractivity contribution < 1.29 is 0 Å². The van der Waals surface area contributed by atoms with Crippen LogP contribution in [0.25, 0.3) is 0 Å². The Balaban J connectivity index is 1.59. The summed E-state index contributed by atoms with van der Waals surface area (Å²) in [6.07, 6.45) is 3.94. The molecule has 2 aliphatic rings. The summed E-state index contributed by atoms with van der Waals surface area (Å²) in [6.45, 7) is 12.2. The maximum Gasteiger partial charge on any atom is 0.0939 e. The highest BCUT2D eigenvalue weighted by Gasteiger charge is 2.30. The van der Waals surface area contributed by atoms with Crippen LogP contribution in [0.2, 0.25) is 0 Å². The molecule has 0 saturated carbocycles. The lowest BCUT2D eigenvalue weighted by molar-refractivity contribution is 0.731. The normalized spacial score (nSPS) is 15.4. The lowest BCUT2D eigenvalue weighted by Crippen LogP contribution is -2.42. The first-order valence-electron chi connectivity index (χ1n) is 8.71. The minimum absolute atomic E-state index is 0.868. The van der Waals surface area contributed by atoms with Gasteiger partial charge in [0.1, 0.15) is 0 Å². The number of hydrogen-bond acceptors (Lipinski definition) is 4. The highest BCUT2D eigenvalue weighted by atomic mass is 15.5. The molecule has 0 amide bonds. The minimum atomic E-state index is 0.868. The van der Waals surface area contributed by atoms with E-state index in [1.165, 1.54) is 22.7 Å². The fraction of sp³-hybridized carbons (Fsp3) is 0.238. The summed E-state index contributed by atoms with van der Waals surface area (Å²) >= 11 is 0. The Hall–Kier alpha value is -2.88. The summed E-state index contributed by atoms with van der Waals surface area (Å²) in [4.78, 5) is 9.61. The SMILES string of the molecule is C=CCN1CN(CN2CN(CC=C)c3ccccc32)c2ccccc21. The van der Waals surface area contributed by atoms with Gasteiger partial charge in [-0.15, -0.1) is 13.2 Å². The molecule has 128 valence electrons. The van der Waals surface area contributed by atoms with Gasteiger partial charge in [-0.2, -0.15) is 0 Å². The van der Waals surface area contributed by atoms with Gasteiger partial charge < -0.3 is 19.6 Å². The second-order valence-electron chi connectivity index (χ2n) is 6.50. The van der Waals surface area contributed by atoms with Gasteiger partial charge in [-0.3, -0.25) is 0 Å². The Kier molecular flexibility index (Phi) is 4.10. The molecule has 2 aromatic rings. The van der Waals surface area contributed by atoms with Crippen molar-refractivity contribution >= 4 is 22.7 Å². The van der Waals surface area contributed by atoms with Gasteiger partial charge in [-0.1, -0.05) is 36.4 Å². The molecular weight excluding hydrogens is 308 g/mol. The zero-order chi connectivity index (χ0) is 17.2. The van der Waals surface area contributed by atoms with Crippen LogP contribution in [0.15, 0.2) is 73.8 Å². The maximum absolute atomic E-state index is 3.90. The third kappa shape index (κ3) is 2.74. The number of anilines is 4. The van der Waals surface area contributed by atoms with Crippen LogP contribution in [-0.4, -0.2) is 33.1 Å². The smallest absolute Gasteiger partial charge is 0.0939 e. The summed E-state index contributed by atoms with van der Waals surface area (Å²) in [5.41, 5.74) is 5.17. The average molecular weight is 332 g/mol. The second-order valence-corrected chi connectivity index (χ2v) is 6.50. The summed E-state index contributed by atoms with van der Waals surface area (Å²) in [5.74, 6) is 0. The number of fused-ring (bicyclic) bond motifs is 2. The Labute approximate surface area is 149 Å². The number of hydrogen-bond donors (Lipinski definition) is 0. The van der Waals surface area contributed by atoms with Crippen LogP contribution in [0.1, 0.15) is 0 Å². The van der Waals surface area contributed by atoms with Crippen molar-refractivity contribution in [2.45, 2.75) is 0 Å². The first kappa shape index (κ1) is 15.6. The number of para-hydroxylation sites is 4. The minimum Gasteiger partial charge on any atom is -0.348 e. The molecule has 2 aromatic carbocycles. The van der Waals surface area contributed by atoms with Crippen LogP contribution in [0, 0.1) is 0 Å². The first-order valence-corrected chi connectivity index (χ1v) is 8.71. The van der Waals surface area contributed by atoms with Crippen LogP contribution in [-0.2, 0) is 0 Å². The Bertz CT molecular complexity index is 719. The maximum atomic E-state index is 3.90. The zero-order valence-corrected chi connectivity index (χ0v) is 14.5. The summed E-state index contributed by atoms with van der Waals surface area (Å²) in [5, 5.41) is 0. The zero-order valence-electron chi connectivity index (χ0n) is 14.5. The molecule has 0 radical (unpaired) electrons. The van der Waals surface area contributed by atoms with Crippen molar-refractivity contribution in [2.75, 3.05) is 52.7 Å². The molecule has 2 aliphatic heterocycles. The van der Waals surface area contributed by atoms with E-state index in [1.807, 2.05) is 12.2 Å². The van der Waals surface area contributed by atoms with E-state index in [0.29, 0.717) is 0 Å². The van der Waals surface area contributed by atoms with Gasteiger partial charge in [0, 0.05) is 13.1 Å². The third-order valence-corrected chi connectivity index (χ3v) is 4.85. The fourth-order valence-corrected chi connectivity index (χ4v) is 3.79. The Morgan fingerprint density at radius 2 is 1.00 bits per heavy atom. The van der Waals surface area contributed by atoms with Gasteiger partial charge in [-0.25, -0.2) is 0 Å². The van der Waals surface area contributed by atoms with E-state index in [1.54, 1.807) is 0 Å². The molecule has 0 fully saturated rings. The predicted octanol–water partition coefficient (Wildman–Crippen LogP) is 3.88.